The molecular weight excluding hydrogens is 370 g/mol. The van der Waals surface area contributed by atoms with Gasteiger partial charge in [0.15, 0.2) is 11.5 Å². The van der Waals surface area contributed by atoms with Gasteiger partial charge in [0.25, 0.3) is 0 Å². The lowest BCUT2D eigenvalue weighted by Crippen LogP contribution is -2.07. The summed E-state index contributed by atoms with van der Waals surface area (Å²) in [6, 6.07) is 9.56. The SMILES string of the molecule is CCOc1ccc(-c2nc(COC(=O)Cc3cccs3)cs2)cc1OC. The van der Waals surface area contributed by atoms with E-state index in [-0.39, 0.29) is 12.6 Å². The first-order valence-electron chi connectivity index (χ1n) is 8.13. The predicted molar refractivity (Wildman–Crippen MR) is 103 cm³/mol. The number of rotatable bonds is 8. The number of nitrogens with zero attached hydrogens (tertiary/aromatic N) is 1. The summed E-state index contributed by atoms with van der Waals surface area (Å²) in [6.45, 7) is 2.68. The molecule has 0 radical (unpaired) electrons. The molecule has 0 N–H and O–H groups in total. The first kappa shape index (κ1) is 18.4. The Morgan fingerprint density at radius 3 is 2.81 bits per heavy atom. The van der Waals surface area contributed by atoms with Crippen molar-refractivity contribution in [2.75, 3.05) is 13.7 Å². The zero-order chi connectivity index (χ0) is 18.4. The summed E-state index contributed by atoms with van der Waals surface area (Å²) >= 11 is 3.05. The molecule has 136 valence electrons. The van der Waals surface area contributed by atoms with E-state index in [0.717, 1.165) is 21.1 Å². The average molecular weight is 389 g/mol. The van der Waals surface area contributed by atoms with Crippen LogP contribution >= 0.6 is 22.7 Å². The molecular formula is C19H19NO4S2. The van der Waals surface area contributed by atoms with Gasteiger partial charge >= 0.3 is 5.97 Å². The van der Waals surface area contributed by atoms with Gasteiger partial charge in [-0.1, -0.05) is 6.07 Å². The molecule has 0 bridgehead atoms. The normalized spacial score (nSPS) is 10.5. The smallest absolute Gasteiger partial charge is 0.311 e. The second-order valence-corrected chi connectivity index (χ2v) is 7.25. The molecule has 0 spiro atoms. The minimum Gasteiger partial charge on any atom is -0.493 e. The molecule has 26 heavy (non-hydrogen) atoms. The fourth-order valence-corrected chi connectivity index (χ4v) is 3.83. The molecule has 5 nitrogen and oxygen atoms in total. The number of thiazole rings is 1. The first-order chi connectivity index (χ1) is 12.7. The van der Waals surface area contributed by atoms with Crippen LogP contribution in [0.2, 0.25) is 0 Å². The van der Waals surface area contributed by atoms with Gasteiger partial charge < -0.3 is 14.2 Å². The Kier molecular flexibility index (Phi) is 6.25. The van der Waals surface area contributed by atoms with Crippen LogP contribution in [0.1, 0.15) is 17.5 Å². The molecule has 2 heterocycles. The van der Waals surface area contributed by atoms with E-state index < -0.39 is 0 Å². The zero-order valence-electron chi connectivity index (χ0n) is 14.6. The first-order valence-corrected chi connectivity index (χ1v) is 9.89. The molecule has 0 aliphatic rings. The van der Waals surface area contributed by atoms with Crippen LogP contribution in [0, 0.1) is 0 Å². The van der Waals surface area contributed by atoms with E-state index in [1.807, 2.05) is 48.0 Å². The van der Waals surface area contributed by atoms with Crippen molar-refractivity contribution in [2.45, 2.75) is 20.0 Å². The van der Waals surface area contributed by atoms with Crippen molar-refractivity contribution >= 4 is 28.6 Å². The van der Waals surface area contributed by atoms with Crippen LogP contribution in [-0.4, -0.2) is 24.7 Å². The Hall–Kier alpha value is -2.38. The maximum atomic E-state index is 11.9. The Morgan fingerprint density at radius 2 is 2.08 bits per heavy atom. The summed E-state index contributed by atoms with van der Waals surface area (Å²) in [5.74, 6) is 1.13. The van der Waals surface area contributed by atoms with Gasteiger partial charge in [0.2, 0.25) is 0 Å². The molecule has 1 aromatic carbocycles. The zero-order valence-corrected chi connectivity index (χ0v) is 16.2. The fourth-order valence-electron chi connectivity index (χ4n) is 2.34. The van der Waals surface area contributed by atoms with Gasteiger partial charge in [-0.25, -0.2) is 4.98 Å². The number of thiophene rings is 1. The van der Waals surface area contributed by atoms with Crippen LogP contribution in [-0.2, 0) is 22.6 Å². The van der Waals surface area contributed by atoms with E-state index in [1.54, 1.807) is 18.4 Å². The minimum absolute atomic E-state index is 0.175. The third kappa shape index (κ3) is 4.62. The maximum Gasteiger partial charge on any atom is 0.311 e. The lowest BCUT2D eigenvalue weighted by Gasteiger charge is -2.09. The molecule has 0 aliphatic heterocycles. The van der Waals surface area contributed by atoms with E-state index in [2.05, 4.69) is 4.98 Å². The van der Waals surface area contributed by atoms with Crippen LogP contribution in [0.15, 0.2) is 41.1 Å². The van der Waals surface area contributed by atoms with Crippen molar-refractivity contribution in [3.63, 3.8) is 0 Å². The van der Waals surface area contributed by atoms with Gasteiger partial charge in [-0.15, -0.1) is 22.7 Å². The van der Waals surface area contributed by atoms with Crippen molar-refractivity contribution in [1.29, 1.82) is 0 Å². The molecule has 3 aromatic rings. The summed E-state index contributed by atoms with van der Waals surface area (Å²) in [5, 5.41) is 4.69. The molecule has 3 rings (SSSR count). The van der Waals surface area contributed by atoms with E-state index >= 15 is 0 Å². The van der Waals surface area contributed by atoms with Gasteiger partial charge in [-0.3, -0.25) is 4.79 Å². The van der Waals surface area contributed by atoms with Crippen molar-refractivity contribution in [1.82, 2.24) is 4.98 Å². The van der Waals surface area contributed by atoms with E-state index in [0.29, 0.717) is 24.5 Å². The summed E-state index contributed by atoms with van der Waals surface area (Å²) < 4.78 is 16.2. The van der Waals surface area contributed by atoms with E-state index in [1.165, 1.54) is 11.3 Å². The molecule has 0 atom stereocenters. The molecule has 0 saturated carbocycles. The quantitative estimate of drug-likeness (QED) is 0.529. The highest BCUT2D eigenvalue weighted by atomic mass is 32.1. The van der Waals surface area contributed by atoms with Gasteiger partial charge in [0.1, 0.15) is 11.6 Å². The number of carbonyl (C=O) groups excluding carboxylic acids is 1. The Balaban J connectivity index is 1.63. The van der Waals surface area contributed by atoms with Crippen LogP contribution in [0.3, 0.4) is 0 Å². The fraction of sp³-hybridized carbons (Fsp3) is 0.263. The average Bonchev–Trinajstić information content (AvgIpc) is 3.32. The Morgan fingerprint density at radius 1 is 1.19 bits per heavy atom. The van der Waals surface area contributed by atoms with Crippen molar-refractivity contribution in [3.8, 4) is 22.1 Å². The van der Waals surface area contributed by atoms with Gasteiger partial charge in [0.05, 0.1) is 25.8 Å². The molecule has 0 unspecified atom stereocenters. The highest BCUT2D eigenvalue weighted by Crippen LogP contribution is 2.33. The van der Waals surface area contributed by atoms with Crippen LogP contribution in [0.5, 0.6) is 11.5 Å². The Bertz CT molecular complexity index is 858. The lowest BCUT2D eigenvalue weighted by molar-refractivity contribution is -0.144. The molecule has 2 aromatic heterocycles. The van der Waals surface area contributed by atoms with Crippen LogP contribution in [0.4, 0.5) is 0 Å². The summed E-state index contributed by atoms with van der Waals surface area (Å²) in [6.07, 6.45) is 0.296. The van der Waals surface area contributed by atoms with E-state index in [4.69, 9.17) is 14.2 Å². The highest BCUT2D eigenvalue weighted by molar-refractivity contribution is 7.13. The van der Waals surface area contributed by atoms with Crippen molar-refractivity contribution in [3.05, 3.63) is 51.7 Å². The van der Waals surface area contributed by atoms with Crippen LogP contribution in [0.25, 0.3) is 10.6 Å². The number of esters is 1. The Labute approximate surface area is 160 Å². The van der Waals surface area contributed by atoms with Crippen LogP contribution < -0.4 is 9.47 Å². The van der Waals surface area contributed by atoms with E-state index in [9.17, 15) is 4.79 Å². The van der Waals surface area contributed by atoms with Crippen molar-refractivity contribution in [2.24, 2.45) is 0 Å². The number of hydrogen-bond donors (Lipinski definition) is 0. The lowest BCUT2D eigenvalue weighted by atomic mass is 10.2. The summed E-state index contributed by atoms with van der Waals surface area (Å²) in [4.78, 5) is 17.4. The van der Waals surface area contributed by atoms with Crippen molar-refractivity contribution < 1.29 is 19.0 Å². The summed E-state index contributed by atoms with van der Waals surface area (Å²) in [7, 11) is 1.61. The second-order valence-electron chi connectivity index (χ2n) is 5.36. The van der Waals surface area contributed by atoms with Gasteiger partial charge in [-0.05, 0) is 36.6 Å². The second kappa shape index (κ2) is 8.82. The number of hydrogen-bond acceptors (Lipinski definition) is 7. The minimum atomic E-state index is -0.246. The number of methoxy groups -OCH3 is 1. The standard InChI is InChI=1S/C19H19NO4S2/c1-3-23-16-7-6-13(9-17(16)22-2)19-20-14(12-26-19)11-24-18(21)10-15-5-4-8-25-15/h4-9,12H,3,10-11H2,1-2H3. The number of benzene rings is 1. The molecule has 0 fully saturated rings. The van der Waals surface area contributed by atoms with Gasteiger partial charge in [0, 0.05) is 15.8 Å². The largest absolute Gasteiger partial charge is 0.493 e. The number of ether oxygens (including phenoxy) is 3. The van der Waals surface area contributed by atoms with Gasteiger partial charge in [-0.2, -0.15) is 0 Å². The molecule has 0 aliphatic carbocycles. The predicted octanol–water partition coefficient (Wildman–Crippen LogP) is 4.56. The topological polar surface area (TPSA) is 57.7 Å². The monoisotopic (exact) mass is 389 g/mol. The number of aromatic nitrogens is 1. The highest BCUT2D eigenvalue weighted by Gasteiger charge is 2.12. The third-order valence-corrected chi connectivity index (χ3v) is 5.36. The summed E-state index contributed by atoms with van der Waals surface area (Å²) in [5.41, 5.74) is 1.67. The molecule has 0 amide bonds. The maximum absolute atomic E-state index is 11.9. The molecule has 7 heteroatoms. The molecule has 0 saturated heterocycles. The third-order valence-electron chi connectivity index (χ3n) is 3.54. The number of carbonyl (C=O) groups is 1.